The number of pyridine rings is 2. The maximum atomic E-state index is 4.65. The Labute approximate surface area is 296 Å². The first-order valence-corrected chi connectivity index (χ1v) is 16.6. The van der Waals surface area contributed by atoms with Gasteiger partial charge >= 0.3 is 0 Å². The Morgan fingerprint density at radius 1 is 0.553 bits per heavy atom. The molecule has 1 radical (unpaired) electrons. The van der Waals surface area contributed by atoms with Crippen molar-refractivity contribution in [2.45, 2.75) is 91.4 Å². The van der Waals surface area contributed by atoms with Crippen LogP contribution in [0.2, 0.25) is 0 Å². The first-order valence-electron chi connectivity index (χ1n) is 16.6. The van der Waals surface area contributed by atoms with E-state index in [1.54, 1.807) is 0 Å². The van der Waals surface area contributed by atoms with Gasteiger partial charge in [0.2, 0.25) is 0 Å². The van der Waals surface area contributed by atoms with Gasteiger partial charge in [-0.05, 0) is 74.5 Å². The molecule has 6 rings (SSSR count). The number of aromatic nitrogens is 2. The molecule has 47 heavy (non-hydrogen) atoms. The molecule has 245 valence electrons. The van der Waals surface area contributed by atoms with E-state index in [2.05, 4.69) is 169 Å². The zero-order chi connectivity index (χ0) is 33.1. The largest absolute Gasteiger partial charge is 0.305 e. The molecule has 4 aromatic carbocycles. The van der Waals surface area contributed by atoms with Gasteiger partial charge in [0.1, 0.15) is 0 Å². The van der Waals surface area contributed by atoms with E-state index in [1.165, 1.54) is 38.2 Å². The Morgan fingerprint density at radius 2 is 1.11 bits per heavy atom. The van der Waals surface area contributed by atoms with E-state index >= 15 is 0 Å². The number of benzene rings is 4. The molecule has 2 aromatic heterocycles. The van der Waals surface area contributed by atoms with Crippen LogP contribution < -0.4 is 0 Å². The van der Waals surface area contributed by atoms with Crippen LogP contribution in [0.25, 0.3) is 44.1 Å². The van der Waals surface area contributed by atoms with Gasteiger partial charge in [-0.15, -0.1) is 59.2 Å². The van der Waals surface area contributed by atoms with Crippen LogP contribution in [0.15, 0.2) is 103 Å². The summed E-state index contributed by atoms with van der Waals surface area (Å²) in [6.07, 6.45) is 6.08. The van der Waals surface area contributed by atoms with Crippen molar-refractivity contribution in [2.75, 3.05) is 0 Å². The molecule has 0 fully saturated rings. The molecule has 0 bridgehead atoms. The predicted octanol–water partition coefficient (Wildman–Crippen LogP) is 12.1. The molecule has 0 spiro atoms. The van der Waals surface area contributed by atoms with Gasteiger partial charge in [0.25, 0.3) is 0 Å². The minimum absolute atomic E-state index is 0. The van der Waals surface area contributed by atoms with E-state index in [4.69, 9.17) is 0 Å². The van der Waals surface area contributed by atoms with Crippen molar-refractivity contribution in [3.8, 4) is 22.5 Å². The first kappa shape index (κ1) is 36.2. The monoisotopic (exact) mass is 797 g/mol. The Balaban J connectivity index is 0.000000216. The summed E-state index contributed by atoms with van der Waals surface area (Å²) in [6.45, 7) is 20.2. The third kappa shape index (κ3) is 8.26. The summed E-state index contributed by atoms with van der Waals surface area (Å²) in [5, 5.41) is 5.03. The summed E-state index contributed by atoms with van der Waals surface area (Å²) in [5.74, 6) is 0. The van der Waals surface area contributed by atoms with Crippen LogP contribution in [0.4, 0.5) is 0 Å². The summed E-state index contributed by atoms with van der Waals surface area (Å²) in [5.41, 5.74) is 8.60. The zero-order valence-corrected chi connectivity index (χ0v) is 31.9. The summed E-state index contributed by atoms with van der Waals surface area (Å²) < 4.78 is 0. The van der Waals surface area contributed by atoms with Crippen LogP contribution in [0.3, 0.4) is 0 Å². The molecule has 6 aromatic rings. The summed E-state index contributed by atoms with van der Waals surface area (Å²) in [6, 6.07) is 39.0. The number of fused-ring (bicyclic) bond motifs is 3. The van der Waals surface area contributed by atoms with Crippen LogP contribution in [-0.2, 0) is 36.4 Å². The number of nitrogens with zero attached hydrogens (tertiary/aromatic N) is 2. The molecule has 3 heteroatoms. The van der Waals surface area contributed by atoms with Crippen molar-refractivity contribution in [1.29, 1.82) is 0 Å². The summed E-state index contributed by atoms with van der Waals surface area (Å²) in [7, 11) is 0. The molecule has 0 aliphatic rings. The molecule has 0 amide bonds. The van der Waals surface area contributed by atoms with Gasteiger partial charge in [-0.3, -0.25) is 0 Å². The number of hydrogen-bond donors (Lipinski definition) is 0. The van der Waals surface area contributed by atoms with E-state index in [0.717, 1.165) is 35.4 Å². The van der Waals surface area contributed by atoms with Crippen molar-refractivity contribution < 1.29 is 20.1 Å². The average molecular weight is 797 g/mol. The zero-order valence-electron chi connectivity index (χ0n) is 29.5. The van der Waals surface area contributed by atoms with Crippen molar-refractivity contribution in [3.05, 3.63) is 132 Å². The van der Waals surface area contributed by atoms with Crippen molar-refractivity contribution in [3.63, 3.8) is 0 Å². The van der Waals surface area contributed by atoms with E-state index < -0.39 is 0 Å². The van der Waals surface area contributed by atoms with Gasteiger partial charge < -0.3 is 9.97 Å². The van der Waals surface area contributed by atoms with Gasteiger partial charge in [-0.25, -0.2) is 0 Å². The van der Waals surface area contributed by atoms with Gasteiger partial charge in [0.05, 0.1) is 0 Å². The van der Waals surface area contributed by atoms with Crippen LogP contribution >= 0.6 is 0 Å². The normalized spacial score (nSPS) is 11.9. The summed E-state index contributed by atoms with van der Waals surface area (Å²) >= 11 is 0. The fourth-order valence-electron chi connectivity index (χ4n) is 5.83. The second kappa shape index (κ2) is 14.6. The molecule has 0 atom stereocenters. The molecular weight excluding hydrogens is 749 g/mol. The van der Waals surface area contributed by atoms with E-state index in [9.17, 15) is 0 Å². The van der Waals surface area contributed by atoms with Crippen LogP contribution in [0.5, 0.6) is 0 Å². The summed E-state index contributed by atoms with van der Waals surface area (Å²) in [4.78, 5) is 9.16. The Bertz CT molecular complexity index is 1900. The second-order valence-corrected chi connectivity index (χ2v) is 14.8. The molecule has 0 saturated heterocycles. The standard InChI is InChI=1S/C25H24N.C19H24N.Ir/c1-4-25(3,5-2)21-14-15-26-24(17-21)20-13-12-19-11-10-18-8-6-7-9-22(18)23(19)16-20;1-18(2,3)15-9-7-8-14(12-15)17-13-16(10-11-20-17)19(4,5)6;/h6-12,14-17H,4-5H2,1-3H3;7,9-13H,1-6H3;/q2*-1;. The molecule has 0 unspecified atom stereocenters. The van der Waals surface area contributed by atoms with E-state index in [-0.39, 0.29) is 36.4 Å². The molecular formula is C44H48IrN2-2. The SMILES string of the molecule is CC(C)(C)c1cc[c-]c(-c2cc(C(C)(C)C)ccn2)c1.CCC(C)(CC)c1ccnc(-c2[c-]cc3ccc4ccccc4c3c2)c1.[Ir]. The minimum Gasteiger partial charge on any atom is -0.305 e. The fraction of sp³-hybridized carbons (Fsp3) is 0.318. The fourth-order valence-corrected chi connectivity index (χ4v) is 5.83. The Hall–Kier alpha value is -3.65. The molecule has 0 saturated carbocycles. The van der Waals surface area contributed by atoms with Crippen LogP contribution in [0.1, 0.15) is 91.8 Å². The van der Waals surface area contributed by atoms with Crippen LogP contribution in [-0.4, -0.2) is 9.97 Å². The van der Waals surface area contributed by atoms with Crippen molar-refractivity contribution in [1.82, 2.24) is 9.97 Å². The molecule has 2 heterocycles. The Kier molecular flexibility index (Phi) is 11.3. The minimum atomic E-state index is 0. The van der Waals surface area contributed by atoms with Gasteiger partial charge in [0, 0.05) is 32.5 Å². The maximum Gasteiger partial charge on any atom is 0.0163 e. The quantitative estimate of drug-likeness (QED) is 0.128. The van der Waals surface area contributed by atoms with Gasteiger partial charge in [-0.2, -0.15) is 0 Å². The Morgan fingerprint density at radius 3 is 1.74 bits per heavy atom. The molecule has 0 aliphatic carbocycles. The number of hydrogen-bond acceptors (Lipinski definition) is 2. The van der Waals surface area contributed by atoms with Gasteiger partial charge in [-0.1, -0.05) is 122 Å². The first-order chi connectivity index (χ1) is 21.8. The third-order valence-electron chi connectivity index (χ3n) is 9.54. The third-order valence-corrected chi connectivity index (χ3v) is 9.54. The molecule has 0 N–H and O–H groups in total. The smallest absolute Gasteiger partial charge is 0.0163 e. The predicted molar refractivity (Wildman–Crippen MR) is 197 cm³/mol. The number of rotatable bonds is 5. The van der Waals surface area contributed by atoms with Crippen LogP contribution in [0, 0.1) is 12.1 Å². The molecule has 0 aliphatic heterocycles. The topological polar surface area (TPSA) is 25.8 Å². The van der Waals surface area contributed by atoms with Gasteiger partial charge in [0.15, 0.2) is 0 Å². The van der Waals surface area contributed by atoms with E-state index in [1.807, 2.05) is 18.5 Å². The van der Waals surface area contributed by atoms with Crippen molar-refractivity contribution >= 4 is 21.5 Å². The second-order valence-electron chi connectivity index (χ2n) is 14.8. The molecule has 2 nitrogen and oxygen atoms in total. The van der Waals surface area contributed by atoms with Crippen molar-refractivity contribution in [2.24, 2.45) is 0 Å². The average Bonchev–Trinajstić information content (AvgIpc) is 3.07. The van der Waals surface area contributed by atoms with E-state index in [0.29, 0.717) is 0 Å². The maximum absolute atomic E-state index is 4.65.